The van der Waals surface area contributed by atoms with E-state index in [1.807, 2.05) is 6.92 Å². The van der Waals surface area contributed by atoms with Crippen molar-refractivity contribution < 1.29 is 153 Å². The van der Waals surface area contributed by atoms with Crippen LogP contribution in [0.25, 0.3) is 0 Å². The molecule has 93 heavy (non-hydrogen) atoms. The Morgan fingerprint density at radius 1 is 0.527 bits per heavy atom. The van der Waals surface area contributed by atoms with E-state index in [9.17, 15) is 96.1 Å². The molecule has 5 saturated heterocycles. The summed E-state index contributed by atoms with van der Waals surface area (Å²) in [4.78, 5) is 55.0. The van der Waals surface area contributed by atoms with Gasteiger partial charge in [-0.1, -0.05) is 46.3 Å². The summed E-state index contributed by atoms with van der Waals surface area (Å²) in [5.74, 6) is -6.22. The highest BCUT2D eigenvalue weighted by atomic mass is 16.8. The van der Waals surface area contributed by atoms with Crippen molar-refractivity contribution in [1.29, 1.82) is 0 Å². The Balaban J connectivity index is 0.986. The number of hydrogen-bond acceptors (Lipinski definition) is 29. The lowest BCUT2D eigenvalue weighted by Crippen LogP contribution is -2.70. The van der Waals surface area contributed by atoms with Crippen LogP contribution in [0.2, 0.25) is 0 Å². The van der Waals surface area contributed by atoms with Crippen molar-refractivity contribution in [2.75, 3.05) is 13.2 Å². The number of carboxylic acid groups (broad SMARTS) is 2. The summed E-state index contributed by atoms with van der Waals surface area (Å²) in [5, 5.41) is 174. The van der Waals surface area contributed by atoms with E-state index in [4.69, 9.17) is 52.1 Å². The minimum Gasteiger partial charge on any atom is -0.481 e. The topological polar surface area (TPSA) is 493 Å². The van der Waals surface area contributed by atoms with Crippen molar-refractivity contribution in [3.63, 3.8) is 0 Å². The number of aliphatic carboxylic acids is 2. The Hall–Kier alpha value is -3.30. The second kappa shape index (κ2) is 26.4. The fraction of sp³-hybridized carbons (Fsp3) is 0.903. The molecule has 5 heterocycles. The maximum atomic E-state index is 16.1. The van der Waals surface area contributed by atoms with Gasteiger partial charge in [0.1, 0.15) is 97.7 Å². The van der Waals surface area contributed by atoms with Gasteiger partial charge in [-0.25, -0.2) is 4.79 Å². The first-order chi connectivity index (χ1) is 43.4. The molecule has 530 valence electrons. The van der Waals surface area contributed by atoms with Crippen LogP contribution in [0.15, 0.2) is 11.6 Å². The smallest absolute Gasteiger partial charge is 0.335 e. The molecule has 5 aliphatic carbocycles. The highest BCUT2D eigenvalue weighted by Gasteiger charge is 2.73. The summed E-state index contributed by atoms with van der Waals surface area (Å²) < 4.78 is 66.8. The van der Waals surface area contributed by atoms with Crippen LogP contribution in [-0.2, 0) is 71.3 Å². The summed E-state index contributed by atoms with van der Waals surface area (Å²) in [6.45, 7) is 14.0. The molecule has 9 fully saturated rings. The number of ether oxygens (including phenoxy) is 11. The van der Waals surface area contributed by atoms with Crippen LogP contribution >= 0.6 is 0 Å². The number of fused-ring (bicyclic) bond motifs is 7. The van der Waals surface area contributed by atoms with E-state index in [0.29, 0.717) is 32.1 Å². The SMILES string of the molecule is CC(=O)O[C@@H]1[C@H](O[C@@H]2O[C@H](CO)[C@@H](O)[C@H](O)[C@H]2O)[C@@H](O[C@@H]2O[C@@H](C)[C@H](O)[C@@H](O[C@@H]3O[C@H](CO)[C@@H](O)[C@H](O)[C@H]3O)[C@H]2O)[C@H](OC(=O)[C@]23CCC(C)(C)C[C@H]2C2=CCC4[C@@]5(C)C[C@H](O)[C@H](O[C@@H]6O[C@H](C(=O)O)[C@@H](O)[C@H](O)[C@H]6O)[C@@](C)(C(=O)O)C5CC[C@@]4(C)[C@]2(C)CC3)O[C@@H]1C. The first-order valence-electron chi connectivity index (χ1n) is 32.2. The number of carbonyl (C=O) groups excluding carboxylic acids is 2. The maximum Gasteiger partial charge on any atom is 0.335 e. The highest BCUT2D eigenvalue weighted by Crippen LogP contribution is 2.76. The van der Waals surface area contributed by atoms with E-state index in [1.54, 1.807) is 0 Å². The first-order valence-corrected chi connectivity index (χ1v) is 32.2. The molecular formula is C62H96O31. The van der Waals surface area contributed by atoms with Gasteiger partial charge in [0.15, 0.2) is 43.5 Å². The lowest BCUT2D eigenvalue weighted by Gasteiger charge is -2.71. The molecule has 0 spiro atoms. The van der Waals surface area contributed by atoms with Crippen LogP contribution in [-0.4, -0.2) is 285 Å². The van der Waals surface area contributed by atoms with Crippen LogP contribution in [0.5, 0.6) is 0 Å². The lowest BCUT2D eigenvalue weighted by molar-refractivity contribution is -0.394. The number of aliphatic hydroxyl groups excluding tert-OH is 14. The molecule has 0 aromatic rings. The summed E-state index contributed by atoms with van der Waals surface area (Å²) in [6, 6.07) is 0. The molecule has 5 aliphatic heterocycles. The Morgan fingerprint density at radius 3 is 1.61 bits per heavy atom. The fourth-order valence-electron chi connectivity index (χ4n) is 18.3. The van der Waals surface area contributed by atoms with E-state index in [0.717, 1.165) is 12.5 Å². The maximum absolute atomic E-state index is 16.1. The molecular weight excluding hydrogens is 1240 g/mol. The Kier molecular flexibility index (Phi) is 20.6. The normalized spacial score (nSPS) is 53.0. The molecule has 16 N–H and O–H groups in total. The van der Waals surface area contributed by atoms with E-state index in [2.05, 4.69) is 33.8 Å². The summed E-state index contributed by atoms with van der Waals surface area (Å²) in [7, 11) is 0. The van der Waals surface area contributed by atoms with Crippen LogP contribution < -0.4 is 0 Å². The lowest BCUT2D eigenvalue weighted by atomic mass is 9.33. The standard InChI is InChI=1S/C62H96O31/c1-22-32(67)44(88-50-39(74)35(70)33(68)28(20-63)86-50)42(77)53(83-22)91-47-46(90-51-40(75)36(71)34(69)29(21-64)87-51)43(85-24(3)65)23(2)84-54(47)93-56(82)62-16-14-57(4,5)18-26(62)25-10-11-30-58(6)19-27(66)48(92-52-41(76)37(72)38(73)45(89-52)49(78)79)61(9,55(80)81)31(58)12-13-60(30,8)59(25,7)15-17-62/h10,22-23,26-48,50-54,63-64,66-77H,11-21H2,1-9H3,(H,78,79)(H,80,81)/t22-,23+,26-,27-,28+,29+,30?,31?,32-,33+,34+,35-,36-,37-,38-,39+,40+,41+,42+,43-,44+,45-,46-,47+,48-,50-,51-,52-,53-,54-,58+,59+,60+,61-,62-/m0/s1. The summed E-state index contributed by atoms with van der Waals surface area (Å²) in [5.41, 5.74) is -4.87. The Bertz CT molecular complexity index is 2750. The molecule has 10 aliphatic rings. The molecule has 2 unspecified atom stereocenters. The van der Waals surface area contributed by atoms with Crippen molar-refractivity contribution >= 4 is 23.9 Å². The fourth-order valence-corrected chi connectivity index (χ4v) is 18.3. The van der Waals surface area contributed by atoms with Crippen LogP contribution in [0, 0.1) is 50.2 Å². The number of allylic oxidation sites excluding steroid dienone is 2. The van der Waals surface area contributed by atoms with Gasteiger partial charge in [0, 0.05) is 6.92 Å². The zero-order chi connectivity index (χ0) is 68.5. The molecule has 0 amide bonds. The van der Waals surface area contributed by atoms with Gasteiger partial charge in [-0.2, -0.15) is 0 Å². The van der Waals surface area contributed by atoms with Crippen molar-refractivity contribution in [2.24, 2.45) is 50.2 Å². The largest absolute Gasteiger partial charge is 0.481 e. The van der Waals surface area contributed by atoms with E-state index in [1.165, 1.54) is 20.8 Å². The molecule has 4 saturated carbocycles. The number of rotatable bonds is 15. The van der Waals surface area contributed by atoms with Crippen LogP contribution in [0.3, 0.4) is 0 Å². The van der Waals surface area contributed by atoms with Gasteiger partial charge >= 0.3 is 23.9 Å². The van der Waals surface area contributed by atoms with Crippen molar-refractivity contribution in [3.8, 4) is 0 Å². The van der Waals surface area contributed by atoms with Crippen molar-refractivity contribution in [2.45, 2.75) is 286 Å². The number of carboxylic acids is 2. The van der Waals surface area contributed by atoms with Crippen molar-refractivity contribution in [3.05, 3.63) is 11.6 Å². The molecule has 35 atom stereocenters. The van der Waals surface area contributed by atoms with E-state index in [-0.39, 0.29) is 37.0 Å². The zero-order valence-electron chi connectivity index (χ0n) is 53.5. The van der Waals surface area contributed by atoms with Gasteiger partial charge in [-0.05, 0) is 118 Å². The Labute approximate surface area is 536 Å². The molecule has 10 rings (SSSR count). The summed E-state index contributed by atoms with van der Waals surface area (Å²) in [6.07, 6.45) is -44.2. The third-order valence-electron chi connectivity index (χ3n) is 23.8. The molecule has 0 radical (unpaired) electrons. The van der Waals surface area contributed by atoms with Gasteiger partial charge in [0.25, 0.3) is 0 Å². The van der Waals surface area contributed by atoms with Gasteiger partial charge < -0.3 is 134 Å². The van der Waals surface area contributed by atoms with Crippen LogP contribution in [0.4, 0.5) is 0 Å². The van der Waals surface area contributed by atoms with E-state index >= 15 is 4.79 Å². The first kappa shape index (κ1) is 72.4. The number of aliphatic hydroxyl groups is 14. The second-order valence-electron chi connectivity index (χ2n) is 29.6. The minimum absolute atomic E-state index is 0.00933. The van der Waals surface area contributed by atoms with Crippen molar-refractivity contribution in [1.82, 2.24) is 0 Å². The average molecular weight is 1340 g/mol. The monoisotopic (exact) mass is 1340 g/mol. The number of hydrogen-bond donors (Lipinski definition) is 16. The highest BCUT2D eigenvalue weighted by molar-refractivity contribution is 5.79. The molecule has 0 aromatic heterocycles. The molecule has 0 aromatic carbocycles. The predicted octanol–water partition coefficient (Wildman–Crippen LogP) is -3.46. The third kappa shape index (κ3) is 12.1. The van der Waals surface area contributed by atoms with Gasteiger partial charge in [-0.3, -0.25) is 14.4 Å². The van der Waals surface area contributed by atoms with Gasteiger partial charge in [-0.15, -0.1) is 0 Å². The second-order valence-corrected chi connectivity index (χ2v) is 29.6. The third-order valence-corrected chi connectivity index (χ3v) is 23.8. The van der Waals surface area contributed by atoms with E-state index < -0.39 is 242 Å². The van der Waals surface area contributed by atoms with Crippen LogP contribution in [0.1, 0.15) is 120 Å². The van der Waals surface area contributed by atoms with Gasteiger partial charge in [0.05, 0.1) is 42.4 Å². The molecule has 31 heteroatoms. The zero-order valence-corrected chi connectivity index (χ0v) is 53.5. The molecule has 31 nitrogen and oxygen atoms in total. The van der Waals surface area contributed by atoms with Gasteiger partial charge in [0.2, 0.25) is 6.29 Å². The number of carbonyl (C=O) groups is 4. The predicted molar refractivity (Wildman–Crippen MR) is 306 cm³/mol. The minimum atomic E-state index is -2.12. The summed E-state index contributed by atoms with van der Waals surface area (Å²) >= 11 is 0. The average Bonchev–Trinajstić information content (AvgIpc) is 0.673. The molecule has 0 bridgehead atoms. The Morgan fingerprint density at radius 2 is 1.05 bits per heavy atom. The quantitative estimate of drug-likeness (QED) is 0.0431. The number of esters is 2.